The van der Waals surface area contributed by atoms with Gasteiger partial charge in [0.15, 0.2) is 10.9 Å². The zero-order valence-electron chi connectivity index (χ0n) is 10.4. The number of nitrogens with zero attached hydrogens (tertiary/aromatic N) is 1. The summed E-state index contributed by atoms with van der Waals surface area (Å²) < 4.78 is 13.2. The lowest BCUT2D eigenvalue weighted by Gasteiger charge is -2.03. The summed E-state index contributed by atoms with van der Waals surface area (Å²) >= 11 is 1.15. The fourth-order valence-electron chi connectivity index (χ4n) is 1.53. The molecule has 0 aliphatic rings. The highest BCUT2D eigenvalue weighted by molar-refractivity contribution is 7.14. The summed E-state index contributed by atoms with van der Waals surface area (Å²) in [6.07, 6.45) is 0. The van der Waals surface area contributed by atoms with Gasteiger partial charge < -0.3 is 0 Å². The van der Waals surface area contributed by atoms with Gasteiger partial charge >= 0.3 is 0 Å². The van der Waals surface area contributed by atoms with Crippen molar-refractivity contribution in [1.82, 2.24) is 4.98 Å². The van der Waals surface area contributed by atoms with Crippen LogP contribution in [0.25, 0.3) is 0 Å². The molecule has 0 saturated heterocycles. The van der Waals surface area contributed by atoms with Crippen LogP contribution in [0.2, 0.25) is 0 Å². The molecule has 1 aromatic carbocycles. The number of aromatic nitrogens is 1. The van der Waals surface area contributed by atoms with E-state index in [-0.39, 0.29) is 11.3 Å². The Morgan fingerprint density at radius 1 is 1.32 bits per heavy atom. The van der Waals surface area contributed by atoms with Crippen LogP contribution >= 0.6 is 11.3 Å². The van der Waals surface area contributed by atoms with Gasteiger partial charge in [0.25, 0.3) is 5.91 Å². The Bertz CT molecular complexity index is 632. The Morgan fingerprint density at radius 3 is 2.63 bits per heavy atom. The lowest BCUT2D eigenvalue weighted by molar-refractivity contribution is 0.100. The summed E-state index contributed by atoms with van der Waals surface area (Å²) in [7, 11) is 0. The third kappa shape index (κ3) is 3.23. The number of benzene rings is 1. The minimum Gasteiger partial charge on any atom is -0.298 e. The normalized spacial score (nSPS) is 10.3. The SMILES string of the molecule is CC(=O)c1csc(NC(=O)c2cc(C)cc(F)c2)n1. The second-order valence-electron chi connectivity index (χ2n) is 4.07. The van der Waals surface area contributed by atoms with E-state index in [0.717, 1.165) is 17.4 Å². The number of nitrogens with one attached hydrogen (secondary N) is 1. The molecule has 0 atom stereocenters. The molecular weight excluding hydrogens is 267 g/mol. The maximum Gasteiger partial charge on any atom is 0.257 e. The van der Waals surface area contributed by atoms with Crippen LogP contribution in [0.5, 0.6) is 0 Å². The quantitative estimate of drug-likeness (QED) is 0.878. The molecule has 6 heteroatoms. The largest absolute Gasteiger partial charge is 0.298 e. The molecule has 1 amide bonds. The van der Waals surface area contributed by atoms with E-state index in [1.807, 2.05) is 0 Å². The van der Waals surface area contributed by atoms with Crippen molar-refractivity contribution in [3.63, 3.8) is 0 Å². The number of anilines is 1. The lowest BCUT2D eigenvalue weighted by atomic mass is 10.1. The third-order valence-electron chi connectivity index (χ3n) is 2.39. The van der Waals surface area contributed by atoms with Crippen molar-refractivity contribution in [3.05, 3.63) is 46.2 Å². The molecule has 0 saturated carbocycles. The Labute approximate surface area is 113 Å². The summed E-state index contributed by atoms with van der Waals surface area (Å²) in [6.45, 7) is 3.10. The molecule has 0 fully saturated rings. The number of carbonyl (C=O) groups is 2. The van der Waals surface area contributed by atoms with Crippen molar-refractivity contribution in [2.45, 2.75) is 13.8 Å². The van der Waals surface area contributed by atoms with Crippen LogP contribution in [-0.2, 0) is 0 Å². The fraction of sp³-hybridized carbons (Fsp3) is 0.154. The maximum absolute atomic E-state index is 13.2. The van der Waals surface area contributed by atoms with E-state index in [4.69, 9.17) is 0 Å². The predicted molar refractivity (Wildman–Crippen MR) is 71.2 cm³/mol. The van der Waals surface area contributed by atoms with E-state index in [9.17, 15) is 14.0 Å². The number of amides is 1. The zero-order chi connectivity index (χ0) is 14.0. The first kappa shape index (κ1) is 13.4. The van der Waals surface area contributed by atoms with Crippen LogP contribution in [0.15, 0.2) is 23.6 Å². The van der Waals surface area contributed by atoms with Gasteiger partial charge in [-0.2, -0.15) is 0 Å². The summed E-state index contributed by atoms with van der Waals surface area (Å²) in [6, 6.07) is 4.08. The molecule has 4 nitrogen and oxygen atoms in total. The van der Waals surface area contributed by atoms with Crippen LogP contribution in [0, 0.1) is 12.7 Å². The van der Waals surface area contributed by atoms with Crippen molar-refractivity contribution < 1.29 is 14.0 Å². The summed E-state index contributed by atoms with van der Waals surface area (Å²) in [5.74, 6) is -1.08. The molecule has 0 aliphatic carbocycles. The van der Waals surface area contributed by atoms with Crippen LogP contribution in [0.4, 0.5) is 9.52 Å². The molecule has 0 unspecified atom stereocenters. The van der Waals surface area contributed by atoms with Gasteiger partial charge in [0.1, 0.15) is 11.5 Å². The second kappa shape index (κ2) is 5.27. The number of rotatable bonds is 3. The number of hydrogen-bond acceptors (Lipinski definition) is 4. The van der Waals surface area contributed by atoms with Gasteiger partial charge in [-0.05, 0) is 30.7 Å². The molecule has 1 heterocycles. The molecule has 19 heavy (non-hydrogen) atoms. The van der Waals surface area contributed by atoms with Crippen LogP contribution in [0.1, 0.15) is 33.3 Å². The van der Waals surface area contributed by atoms with E-state index in [1.54, 1.807) is 18.4 Å². The van der Waals surface area contributed by atoms with Crippen LogP contribution in [-0.4, -0.2) is 16.7 Å². The minimum atomic E-state index is -0.464. The molecule has 98 valence electrons. The first-order valence-electron chi connectivity index (χ1n) is 5.50. The number of hydrogen-bond donors (Lipinski definition) is 1. The lowest BCUT2D eigenvalue weighted by Crippen LogP contribution is -2.12. The first-order chi connectivity index (χ1) is 8.95. The average Bonchev–Trinajstić information content (AvgIpc) is 2.76. The van der Waals surface area contributed by atoms with E-state index in [0.29, 0.717) is 16.4 Å². The van der Waals surface area contributed by atoms with Crippen molar-refractivity contribution in [3.8, 4) is 0 Å². The summed E-state index contributed by atoms with van der Waals surface area (Å²) in [5.41, 5.74) is 1.18. The fourth-order valence-corrected chi connectivity index (χ4v) is 2.27. The Kier molecular flexibility index (Phi) is 3.71. The average molecular weight is 278 g/mol. The van der Waals surface area contributed by atoms with Gasteiger partial charge in [-0.25, -0.2) is 9.37 Å². The van der Waals surface area contributed by atoms with Crippen molar-refractivity contribution in [2.24, 2.45) is 0 Å². The van der Waals surface area contributed by atoms with Gasteiger partial charge in [0, 0.05) is 17.9 Å². The van der Waals surface area contributed by atoms with Crippen LogP contribution in [0.3, 0.4) is 0 Å². The highest BCUT2D eigenvalue weighted by Gasteiger charge is 2.12. The maximum atomic E-state index is 13.2. The number of carbonyl (C=O) groups excluding carboxylic acids is 2. The van der Waals surface area contributed by atoms with Gasteiger partial charge in [-0.3, -0.25) is 14.9 Å². The molecule has 0 aliphatic heterocycles. The minimum absolute atomic E-state index is 0.168. The highest BCUT2D eigenvalue weighted by atomic mass is 32.1. The van der Waals surface area contributed by atoms with E-state index in [1.165, 1.54) is 13.0 Å². The van der Waals surface area contributed by atoms with Crippen molar-refractivity contribution in [1.29, 1.82) is 0 Å². The van der Waals surface area contributed by atoms with Gasteiger partial charge in [-0.1, -0.05) is 0 Å². The van der Waals surface area contributed by atoms with Gasteiger partial charge in [0.2, 0.25) is 0 Å². The molecule has 2 aromatic rings. The molecule has 0 bridgehead atoms. The van der Waals surface area contributed by atoms with Crippen molar-refractivity contribution >= 4 is 28.2 Å². The highest BCUT2D eigenvalue weighted by Crippen LogP contribution is 2.17. The standard InChI is InChI=1S/C13H11FN2O2S/c1-7-3-9(5-10(14)4-7)12(18)16-13-15-11(6-19-13)8(2)17/h3-6H,1-2H3,(H,15,16,18). The number of Topliss-reactive ketones (excluding diaryl/α,β-unsaturated/α-hetero) is 1. The molecule has 1 aromatic heterocycles. The summed E-state index contributed by atoms with van der Waals surface area (Å²) in [4.78, 5) is 27.0. The van der Waals surface area contributed by atoms with Gasteiger partial charge in [0.05, 0.1) is 0 Å². The smallest absolute Gasteiger partial charge is 0.257 e. The number of halogens is 1. The monoisotopic (exact) mass is 278 g/mol. The second-order valence-corrected chi connectivity index (χ2v) is 4.92. The topological polar surface area (TPSA) is 59.1 Å². The zero-order valence-corrected chi connectivity index (χ0v) is 11.2. The molecular formula is C13H11FN2O2S. The van der Waals surface area contributed by atoms with Crippen LogP contribution < -0.4 is 5.32 Å². The predicted octanol–water partition coefficient (Wildman–Crippen LogP) is 3.05. The molecule has 1 N–H and O–H groups in total. The van der Waals surface area contributed by atoms with Gasteiger partial charge in [-0.15, -0.1) is 11.3 Å². The Balaban J connectivity index is 2.18. The van der Waals surface area contributed by atoms with Crippen molar-refractivity contribution in [2.75, 3.05) is 5.32 Å². The Morgan fingerprint density at radius 2 is 2.05 bits per heavy atom. The van der Waals surface area contributed by atoms with E-state index >= 15 is 0 Å². The number of ketones is 1. The Hall–Kier alpha value is -2.08. The van der Waals surface area contributed by atoms with E-state index in [2.05, 4.69) is 10.3 Å². The molecule has 0 radical (unpaired) electrons. The van der Waals surface area contributed by atoms with E-state index < -0.39 is 11.7 Å². The number of thiazole rings is 1. The molecule has 2 rings (SSSR count). The third-order valence-corrected chi connectivity index (χ3v) is 3.15. The first-order valence-corrected chi connectivity index (χ1v) is 6.38. The molecule has 0 spiro atoms. The number of aryl methyl sites for hydroxylation is 1. The summed E-state index contributed by atoms with van der Waals surface area (Å²) in [5, 5.41) is 4.42.